The minimum atomic E-state index is 0.0766. The van der Waals surface area contributed by atoms with Crippen molar-refractivity contribution in [2.75, 3.05) is 0 Å². The van der Waals surface area contributed by atoms with Crippen LogP contribution in [0.15, 0.2) is 199 Å². The second-order valence-electron chi connectivity index (χ2n) is 14.3. The number of furan rings is 1. The molecule has 5 heteroatoms. The molecule has 8 aromatic carbocycles. The first-order valence-electron chi connectivity index (χ1n) is 19.1. The minimum Gasteiger partial charge on any atom is -0.507 e. The molecule has 0 fully saturated rings. The average Bonchev–Trinajstić information content (AvgIpc) is 3.84. The van der Waals surface area contributed by atoms with E-state index in [9.17, 15) is 5.11 Å². The van der Waals surface area contributed by atoms with Crippen molar-refractivity contribution in [2.24, 2.45) is 0 Å². The summed E-state index contributed by atoms with van der Waals surface area (Å²) in [6.45, 7) is 0. The van der Waals surface area contributed by atoms with Crippen LogP contribution in [0.1, 0.15) is 0 Å². The predicted octanol–water partition coefficient (Wildman–Crippen LogP) is 13.5. The average molecular weight is 732 g/mol. The third-order valence-electron chi connectivity index (χ3n) is 10.9. The third kappa shape index (κ3) is 5.40. The summed E-state index contributed by atoms with van der Waals surface area (Å²) in [4.78, 5) is 11.0. The molecule has 0 amide bonds. The number of benzene rings is 8. The predicted molar refractivity (Wildman–Crippen MR) is 232 cm³/mol. The van der Waals surface area contributed by atoms with Crippen molar-refractivity contribution < 1.29 is 9.52 Å². The first-order chi connectivity index (χ1) is 28.2. The molecule has 0 aliphatic rings. The van der Waals surface area contributed by atoms with Gasteiger partial charge in [-0.05, 0) is 40.8 Å². The van der Waals surface area contributed by atoms with Gasteiger partial charge in [0.2, 0.25) is 0 Å². The zero-order valence-corrected chi connectivity index (χ0v) is 30.7. The largest absolute Gasteiger partial charge is 0.507 e. The Kier molecular flexibility index (Phi) is 7.57. The Bertz CT molecular complexity index is 3240. The van der Waals surface area contributed by atoms with Gasteiger partial charge < -0.3 is 9.52 Å². The van der Waals surface area contributed by atoms with Gasteiger partial charge in [0, 0.05) is 44.5 Å². The highest BCUT2D eigenvalue weighted by Gasteiger charge is 2.26. The van der Waals surface area contributed by atoms with Gasteiger partial charge in [-0.3, -0.25) is 4.57 Å². The molecule has 0 atom stereocenters. The van der Waals surface area contributed by atoms with Gasteiger partial charge in [0.25, 0.3) is 0 Å². The maximum Gasteiger partial charge on any atom is 0.149 e. The molecule has 0 saturated heterocycles. The zero-order chi connectivity index (χ0) is 37.9. The van der Waals surface area contributed by atoms with Crippen LogP contribution < -0.4 is 0 Å². The number of hydrogen-bond donors (Lipinski definition) is 1. The fraction of sp³-hybridized carbons (Fsp3) is 0. The van der Waals surface area contributed by atoms with Crippen LogP contribution in [0.2, 0.25) is 0 Å². The summed E-state index contributed by atoms with van der Waals surface area (Å²) in [5.74, 6) is 0.680. The van der Waals surface area contributed by atoms with E-state index in [4.69, 9.17) is 14.4 Å². The second kappa shape index (κ2) is 13.2. The highest BCUT2D eigenvalue weighted by molar-refractivity contribution is 6.09. The fourth-order valence-corrected chi connectivity index (χ4v) is 8.28. The molecule has 3 aromatic heterocycles. The molecule has 0 bridgehead atoms. The van der Waals surface area contributed by atoms with Crippen molar-refractivity contribution >= 4 is 43.7 Å². The number of pyridine rings is 1. The number of imidazole rings is 1. The summed E-state index contributed by atoms with van der Waals surface area (Å²) in [6, 6.07) is 66.3. The van der Waals surface area contributed by atoms with Crippen molar-refractivity contribution in [3.63, 3.8) is 0 Å². The molecule has 0 spiro atoms. The van der Waals surface area contributed by atoms with Crippen LogP contribution in [0, 0.1) is 0 Å². The summed E-state index contributed by atoms with van der Waals surface area (Å²) < 4.78 is 8.45. The molecule has 11 rings (SSSR count). The lowest BCUT2D eigenvalue weighted by Crippen LogP contribution is -2.03. The summed E-state index contributed by atoms with van der Waals surface area (Å²) in [5, 5.41) is 16.0. The van der Waals surface area contributed by atoms with Crippen LogP contribution in [0.4, 0.5) is 0 Å². The Morgan fingerprint density at radius 1 is 0.439 bits per heavy atom. The highest BCUT2D eigenvalue weighted by Crippen LogP contribution is 2.45. The molecule has 268 valence electrons. The van der Waals surface area contributed by atoms with Gasteiger partial charge in [0.05, 0.1) is 33.7 Å². The quantitative estimate of drug-likeness (QED) is 0.185. The molecule has 3 heterocycles. The van der Waals surface area contributed by atoms with Crippen molar-refractivity contribution in [1.29, 1.82) is 0 Å². The van der Waals surface area contributed by atoms with Gasteiger partial charge in [-0.2, -0.15) is 0 Å². The highest BCUT2D eigenvalue weighted by atomic mass is 16.3. The van der Waals surface area contributed by atoms with Crippen LogP contribution in [-0.4, -0.2) is 19.6 Å². The minimum absolute atomic E-state index is 0.0766. The van der Waals surface area contributed by atoms with Crippen LogP contribution in [0.25, 0.3) is 106 Å². The molecule has 57 heavy (non-hydrogen) atoms. The fourth-order valence-electron chi connectivity index (χ4n) is 8.28. The molecule has 11 aromatic rings. The van der Waals surface area contributed by atoms with Crippen molar-refractivity contribution in [3.8, 4) is 67.6 Å². The van der Waals surface area contributed by atoms with E-state index in [1.165, 1.54) is 0 Å². The number of aromatic hydroxyl groups is 1. The standard InChI is InChI=1S/C52H33N3O2/c56-46-32-48-42(40-24-12-13-29-47(40)57-48)31-43(46)52-54-50-41(49-37-23-11-10-22-36(37)30-44(53-49)35-20-8-3-9-21-35)27-15-28-45(50)55(52)51-38(33-16-4-1-5-17-33)25-14-26-39(51)34-18-6-2-7-19-34/h1-32,56H. The van der Waals surface area contributed by atoms with Crippen LogP contribution >= 0.6 is 0 Å². The molecule has 0 radical (unpaired) electrons. The Balaban J connectivity index is 1.28. The van der Waals surface area contributed by atoms with E-state index in [-0.39, 0.29) is 5.75 Å². The lowest BCUT2D eigenvalue weighted by molar-refractivity contribution is 0.476. The summed E-state index contributed by atoms with van der Waals surface area (Å²) in [5.41, 5.74) is 12.4. The summed E-state index contributed by atoms with van der Waals surface area (Å²) in [6.07, 6.45) is 0. The first-order valence-corrected chi connectivity index (χ1v) is 19.1. The number of hydrogen-bond acceptors (Lipinski definition) is 4. The van der Waals surface area contributed by atoms with Crippen LogP contribution in [-0.2, 0) is 0 Å². The smallest absolute Gasteiger partial charge is 0.149 e. The van der Waals surface area contributed by atoms with E-state index in [0.29, 0.717) is 17.0 Å². The third-order valence-corrected chi connectivity index (χ3v) is 10.9. The monoisotopic (exact) mass is 731 g/mol. The maximum atomic E-state index is 12.0. The Morgan fingerprint density at radius 3 is 1.75 bits per heavy atom. The number of phenolic OH excluding ortho intramolecular Hbond substituents is 1. The lowest BCUT2D eigenvalue weighted by atomic mass is 9.95. The number of rotatable bonds is 6. The van der Waals surface area contributed by atoms with Crippen LogP contribution in [0.3, 0.4) is 0 Å². The molecule has 0 aliphatic heterocycles. The van der Waals surface area contributed by atoms with Crippen molar-refractivity contribution in [3.05, 3.63) is 194 Å². The van der Waals surface area contributed by atoms with Crippen molar-refractivity contribution in [1.82, 2.24) is 14.5 Å². The number of fused-ring (bicyclic) bond motifs is 5. The van der Waals surface area contributed by atoms with Gasteiger partial charge >= 0.3 is 0 Å². The van der Waals surface area contributed by atoms with E-state index >= 15 is 0 Å². The SMILES string of the molecule is Oc1cc2oc3ccccc3c2cc1-c1nc2c(-c3nc(-c4ccccc4)cc4ccccc34)cccc2n1-c1c(-c2ccccc2)cccc1-c1ccccc1. The Hall–Kier alpha value is -7.76. The number of phenols is 1. The van der Waals surface area contributed by atoms with E-state index in [0.717, 1.165) is 88.6 Å². The first kappa shape index (κ1) is 32.7. The van der Waals surface area contributed by atoms with E-state index in [2.05, 4.69) is 138 Å². The van der Waals surface area contributed by atoms with E-state index < -0.39 is 0 Å². The molecular formula is C52H33N3O2. The lowest BCUT2D eigenvalue weighted by Gasteiger charge is -2.20. The van der Waals surface area contributed by atoms with Gasteiger partial charge in [0.15, 0.2) is 0 Å². The normalized spacial score (nSPS) is 11.6. The van der Waals surface area contributed by atoms with E-state index in [1.807, 2.05) is 54.6 Å². The number of nitrogens with zero attached hydrogens (tertiary/aromatic N) is 3. The van der Waals surface area contributed by atoms with Gasteiger partial charge in [-0.25, -0.2) is 9.97 Å². The molecule has 1 N–H and O–H groups in total. The van der Waals surface area contributed by atoms with Gasteiger partial charge in [-0.1, -0.05) is 164 Å². The molecule has 5 nitrogen and oxygen atoms in total. The number of aromatic nitrogens is 3. The van der Waals surface area contributed by atoms with Gasteiger partial charge in [-0.15, -0.1) is 0 Å². The maximum absolute atomic E-state index is 12.0. The molecular weight excluding hydrogens is 699 g/mol. The number of para-hydroxylation sites is 3. The van der Waals surface area contributed by atoms with E-state index in [1.54, 1.807) is 6.07 Å². The molecule has 0 saturated carbocycles. The molecule has 0 unspecified atom stereocenters. The van der Waals surface area contributed by atoms with Crippen LogP contribution in [0.5, 0.6) is 5.75 Å². The Morgan fingerprint density at radius 2 is 1.04 bits per heavy atom. The zero-order valence-electron chi connectivity index (χ0n) is 30.7. The topological polar surface area (TPSA) is 64.1 Å². The van der Waals surface area contributed by atoms with Gasteiger partial charge in [0.1, 0.15) is 22.7 Å². The summed E-state index contributed by atoms with van der Waals surface area (Å²) in [7, 11) is 0. The Labute approximate surface area is 328 Å². The van der Waals surface area contributed by atoms with Crippen molar-refractivity contribution in [2.45, 2.75) is 0 Å². The molecule has 0 aliphatic carbocycles. The second-order valence-corrected chi connectivity index (χ2v) is 14.3. The summed E-state index contributed by atoms with van der Waals surface area (Å²) >= 11 is 0.